The third kappa shape index (κ3) is 3.88. The van der Waals surface area contributed by atoms with Crippen molar-refractivity contribution >= 4 is 30.0 Å². The summed E-state index contributed by atoms with van der Waals surface area (Å²) < 4.78 is 53.7. The van der Waals surface area contributed by atoms with Gasteiger partial charge in [-0.2, -0.15) is 0 Å². The van der Waals surface area contributed by atoms with Gasteiger partial charge in [0.2, 0.25) is 0 Å². The highest BCUT2D eigenvalue weighted by Crippen LogP contribution is 2.22. The van der Waals surface area contributed by atoms with Gasteiger partial charge in [0, 0.05) is 6.92 Å². The first-order valence-corrected chi connectivity index (χ1v) is 10.1. The van der Waals surface area contributed by atoms with Crippen LogP contribution in [0.1, 0.15) is 12.5 Å². The Hall–Kier alpha value is -2.81. The number of benzene rings is 2. The maximum Gasteiger partial charge on any atom is 0.504 e. The molecule has 0 heterocycles. The predicted molar refractivity (Wildman–Crippen MR) is 91.9 cm³/mol. The van der Waals surface area contributed by atoms with E-state index < -0.39 is 34.9 Å². The molecule has 0 aliphatic carbocycles. The van der Waals surface area contributed by atoms with E-state index in [2.05, 4.69) is 4.79 Å². The van der Waals surface area contributed by atoms with Gasteiger partial charge in [-0.15, -0.1) is 4.79 Å². The average Bonchev–Trinajstić information content (AvgIpc) is 2.55. The minimum atomic E-state index is -4.64. The fraction of sp³-hybridized carbons (Fsp3) is 0.125. The molecule has 10 heteroatoms. The highest BCUT2D eigenvalue weighted by Gasteiger charge is 2.43. The number of esters is 1. The summed E-state index contributed by atoms with van der Waals surface area (Å²) >= 11 is 0. The maximum atomic E-state index is 12.6. The summed E-state index contributed by atoms with van der Waals surface area (Å²) in [5.74, 6) is -0.513. The molecule has 0 fully saturated rings. The lowest BCUT2D eigenvalue weighted by molar-refractivity contribution is -0.131. The summed E-state index contributed by atoms with van der Waals surface area (Å²) in [6.07, 6.45) is 0. The smallest absolute Gasteiger partial charge is 0.427 e. The summed E-state index contributed by atoms with van der Waals surface area (Å²) in [5, 5.41) is 0. The van der Waals surface area contributed by atoms with Crippen LogP contribution in [0.15, 0.2) is 58.3 Å². The Bertz CT molecular complexity index is 1100. The summed E-state index contributed by atoms with van der Waals surface area (Å²) in [7, 11) is -9.22. The summed E-state index contributed by atoms with van der Waals surface area (Å²) in [5.41, 5.74) is 9.88. The Balaban J connectivity index is 2.50. The Kier molecular flexibility index (Phi) is 5.41. The van der Waals surface area contributed by atoms with Crippen LogP contribution >= 0.6 is 0 Å². The molecule has 0 spiro atoms. The van der Waals surface area contributed by atoms with Gasteiger partial charge in [0.15, 0.2) is 0 Å². The molecule has 0 unspecified atom stereocenters. The molecule has 8 nitrogen and oxygen atoms in total. The zero-order valence-electron chi connectivity index (χ0n) is 13.8. The monoisotopic (exact) mass is 394 g/mol. The molecular weight excluding hydrogens is 380 g/mol. The number of aryl methyl sites for hydroxylation is 1. The van der Waals surface area contributed by atoms with Crippen LogP contribution in [0.25, 0.3) is 5.53 Å². The first-order valence-electron chi connectivity index (χ1n) is 7.16. The standard InChI is InChI=1S/C16H14N2O6S2/c1-11-3-7-14(8-4-11)25(20,21)16(18-17)26(22,23)15-9-5-13(6-10-15)24-12(2)19/h3-10H,1-2H3. The summed E-state index contributed by atoms with van der Waals surface area (Å²) in [6, 6.07) is 9.87. The van der Waals surface area contributed by atoms with Gasteiger partial charge in [0.05, 0.1) is 9.79 Å². The lowest BCUT2D eigenvalue weighted by Crippen LogP contribution is -2.26. The third-order valence-electron chi connectivity index (χ3n) is 3.27. The van der Waals surface area contributed by atoms with Gasteiger partial charge in [-0.1, -0.05) is 17.7 Å². The number of nitrogens with zero attached hydrogens (tertiary/aromatic N) is 2. The molecule has 0 atom stereocenters. The fourth-order valence-corrected chi connectivity index (χ4v) is 5.36. The van der Waals surface area contributed by atoms with Crippen molar-refractivity contribution in [1.29, 1.82) is 0 Å². The van der Waals surface area contributed by atoms with Gasteiger partial charge in [-0.3, -0.25) is 4.79 Å². The molecule has 0 aliphatic heterocycles. The van der Waals surface area contributed by atoms with Crippen LogP contribution in [-0.2, 0) is 24.5 Å². The molecule has 0 N–H and O–H groups in total. The van der Waals surface area contributed by atoms with Crippen LogP contribution in [0.4, 0.5) is 0 Å². The highest BCUT2D eigenvalue weighted by atomic mass is 32.3. The van der Waals surface area contributed by atoms with Gasteiger partial charge >= 0.3 is 10.3 Å². The maximum absolute atomic E-state index is 12.6. The lowest BCUT2D eigenvalue weighted by Gasteiger charge is -2.04. The second-order valence-electron chi connectivity index (χ2n) is 5.25. The molecule has 0 saturated heterocycles. The van der Waals surface area contributed by atoms with Gasteiger partial charge in [0.1, 0.15) is 5.75 Å². The van der Waals surface area contributed by atoms with Crippen molar-refractivity contribution in [2.75, 3.05) is 0 Å². The van der Waals surface area contributed by atoms with Crippen LogP contribution in [0, 0.1) is 6.92 Å². The van der Waals surface area contributed by atoms with Crippen molar-refractivity contribution < 1.29 is 31.2 Å². The van der Waals surface area contributed by atoms with Crippen LogP contribution < -0.4 is 4.74 Å². The van der Waals surface area contributed by atoms with Gasteiger partial charge in [0.25, 0.3) is 19.7 Å². The van der Waals surface area contributed by atoms with E-state index in [1.54, 1.807) is 6.92 Å². The third-order valence-corrected chi connectivity index (χ3v) is 7.45. The van der Waals surface area contributed by atoms with Gasteiger partial charge in [-0.25, -0.2) is 16.8 Å². The zero-order valence-corrected chi connectivity index (χ0v) is 15.4. The first kappa shape index (κ1) is 19.5. The minimum absolute atomic E-state index is 0.0836. The van der Waals surface area contributed by atoms with E-state index in [4.69, 9.17) is 10.3 Å². The predicted octanol–water partition coefficient (Wildman–Crippen LogP) is 1.75. The summed E-state index contributed by atoms with van der Waals surface area (Å²) in [4.78, 5) is 12.7. The van der Waals surface area contributed by atoms with Crippen LogP contribution in [0.2, 0.25) is 0 Å². The molecule has 0 amide bonds. The number of sulfone groups is 2. The van der Waals surface area contributed by atoms with Crippen molar-refractivity contribution in [3.63, 3.8) is 0 Å². The lowest BCUT2D eigenvalue weighted by atomic mass is 10.2. The molecule has 0 aliphatic rings. The number of carbonyl (C=O) groups is 1. The molecule has 0 aromatic heterocycles. The molecule has 26 heavy (non-hydrogen) atoms. The Morgan fingerprint density at radius 1 is 0.885 bits per heavy atom. The highest BCUT2D eigenvalue weighted by molar-refractivity contribution is 8.31. The first-order chi connectivity index (χ1) is 12.1. The SMILES string of the molecule is CC(=O)Oc1ccc(S(=O)(=O)C(=[N+]=[N-])S(=O)(=O)c2ccc(C)cc2)cc1. The van der Waals surface area contributed by atoms with E-state index in [0.717, 1.165) is 17.7 Å². The van der Waals surface area contributed by atoms with Gasteiger partial charge < -0.3 is 10.3 Å². The molecule has 0 bridgehead atoms. The van der Waals surface area contributed by atoms with E-state index in [1.165, 1.54) is 43.3 Å². The molecule has 2 aromatic carbocycles. The molecule has 136 valence electrons. The zero-order chi connectivity index (χ0) is 19.5. The number of hydrogen-bond donors (Lipinski definition) is 0. The van der Waals surface area contributed by atoms with Crippen molar-refractivity contribution in [3.05, 3.63) is 59.6 Å². The van der Waals surface area contributed by atoms with Crippen LogP contribution in [-0.4, -0.2) is 32.0 Å². The average molecular weight is 394 g/mol. The van der Waals surface area contributed by atoms with Crippen LogP contribution in [0.5, 0.6) is 5.75 Å². The second kappa shape index (κ2) is 7.20. The number of carbonyl (C=O) groups excluding carboxylic acids is 1. The normalized spacial score (nSPS) is 11.5. The van der Waals surface area contributed by atoms with Crippen molar-refractivity contribution in [2.24, 2.45) is 0 Å². The van der Waals surface area contributed by atoms with Crippen molar-refractivity contribution in [1.82, 2.24) is 0 Å². The molecular formula is C16H14N2O6S2. The fourth-order valence-electron chi connectivity index (χ4n) is 2.02. The Morgan fingerprint density at radius 2 is 1.31 bits per heavy atom. The molecule has 0 saturated carbocycles. The second-order valence-corrected chi connectivity index (χ2v) is 9.24. The van der Waals surface area contributed by atoms with Crippen molar-refractivity contribution in [2.45, 2.75) is 23.6 Å². The van der Waals surface area contributed by atoms with E-state index >= 15 is 0 Å². The van der Waals surface area contributed by atoms with E-state index in [-0.39, 0.29) is 10.6 Å². The largest absolute Gasteiger partial charge is 0.504 e. The Labute approximate surface area is 150 Å². The van der Waals surface area contributed by atoms with Crippen molar-refractivity contribution in [3.8, 4) is 5.75 Å². The Morgan fingerprint density at radius 3 is 1.69 bits per heavy atom. The topological polar surface area (TPSA) is 131 Å². The molecule has 2 aromatic rings. The molecule has 2 rings (SSSR count). The van der Waals surface area contributed by atoms with E-state index in [9.17, 15) is 21.6 Å². The van der Waals surface area contributed by atoms with E-state index in [1.807, 2.05) is 0 Å². The number of ether oxygens (including phenoxy) is 1. The summed E-state index contributed by atoms with van der Waals surface area (Å²) in [6.45, 7) is 2.91. The molecule has 0 radical (unpaired) electrons. The number of rotatable bonds is 3. The number of hydrogen-bond acceptors (Lipinski definition) is 6. The quantitative estimate of drug-likeness (QED) is 0.195. The van der Waals surface area contributed by atoms with E-state index in [0.29, 0.717) is 0 Å². The minimum Gasteiger partial charge on any atom is -0.427 e. The van der Waals surface area contributed by atoms with Crippen LogP contribution in [0.3, 0.4) is 0 Å². The van der Waals surface area contributed by atoms with Gasteiger partial charge in [-0.05, 0) is 43.3 Å².